The van der Waals surface area contributed by atoms with Crippen LogP contribution in [0.25, 0.3) is 0 Å². The van der Waals surface area contributed by atoms with E-state index in [0.29, 0.717) is 5.56 Å². The lowest BCUT2D eigenvalue weighted by atomic mass is 10.0. The Hall–Kier alpha value is -2.27. The van der Waals surface area contributed by atoms with Gasteiger partial charge >= 0.3 is 5.97 Å². The van der Waals surface area contributed by atoms with Gasteiger partial charge in [0.15, 0.2) is 0 Å². The Kier molecular flexibility index (Phi) is 4.42. The molecule has 0 aliphatic carbocycles. The highest BCUT2D eigenvalue weighted by Crippen LogP contribution is 2.19. The molecule has 2 N–H and O–H groups in total. The molecule has 104 valence electrons. The number of nitrogens with one attached hydrogen (secondary N) is 1. The van der Waals surface area contributed by atoms with E-state index in [4.69, 9.17) is 0 Å². The summed E-state index contributed by atoms with van der Waals surface area (Å²) in [6.45, 7) is 3.74. The molecule has 0 aliphatic rings. The minimum atomic E-state index is -0.912. The third kappa shape index (κ3) is 3.19. The van der Waals surface area contributed by atoms with E-state index in [0.717, 1.165) is 11.4 Å². The van der Waals surface area contributed by atoms with Gasteiger partial charge in [-0.3, -0.25) is 20.1 Å². The highest BCUT2D eigenvalue weighted by Gasteiger charge is 2.23. The van der Waals surface area contributed by atoms with Crippen molar-refractivity contribution in [3.8, 4) is 0 Å². The first-order chi connectivity index (χ1) is 9.59. The molecule has 1 heterocycles. The predicted molar refractivity (Wildman–Crippen MR) is 75.1 cm³/mol. The molecule has 20 heavy (non-hydrogen) atoms. The quantitative estimate of drug-likeness (QED) is 0.872. The number of aliphatic carboxylic acids is 1. The Morgan fingerprint density at radius 1 is 1.20 bits per heavy atom. The number of rotatable bonds is 5. The van der Waals surface area contributed by atoms with Gasteiger partial charge in [0, 0.05) is 18.4 Å². The molecule has 5 nitrogen and oxygen atoms in total. The number of carboxylic acids is 1. The summed E-state index contributed by atoms with van der Waals surface area (Å²) in [6, 6.07) is 8.12. The second-order valence-electron chi connectivity index (χ2n) is 4.60. The van der Waals surface area contributed by atoms with Crippen molar-refractivity contribution in [1.29, 1.82) is 0 Å². The van der Waals surface area contributed by atoms with Crippen molar-refractivity contribution in [2.24, 2.45) is 0 Å². The molecular weight excluding hydrogens is 254 g/mol. The van der Waals surface area contributed by atoms with E-state index in [2.05, 4.69) is 15.3 Å². The summed E-state index contributed by atoms with van der Waals surface area (Å²) in [7, 11) is 0. The van der Waals surface area contributed by atoms with Gasteiger partial charge in [0.25, 0.3) is 0 Å². The van der Waals surface area contributed by atoms with Crippen molar-refractivity contribution in [3.05, 3.63) is 59.7 Å². The van der Waals surface area contributed by atoms with Gasteiger partial charge in [0.1, 0.15) is 6.04 Å². The van der Waals surface area contributed by atoms with Gasteiger partial charge in [-0.2, -0.15) is 0 Å². The van der Waals surface area contributed by atoms with E-state index in [9.17, 15) is 9.90 Å². The predicted octanol–water partition coefficient (Wildman–Crippen LogP) is 2.26. The van der Waals surface area contributed by atoms with E-state index in [-0.39, 0.29) is 6.04 Å². The minimum absolute atomic E-state index is 0.204. The average molecular weight is 271 g/mol. The first-order valence-corrected chi connectivity index (χ1v) is 6.41. The second kappa shape index (κ2) is 6.25. The van der Waals surface area contributed by atoms with E-state index in [1.54, 1.807) is 24.5 Å². The number of benzene rings is 1. The van der Waals surface area contributed by atoms with Crippen LogP contribution in [0.3, 0.4) is 0 Å². The van der Waals surface area contributed by atoms with Crippen LogP contribution in [0.1, 0.15) is 36.0 Å². The van der Waals surface area contributed by atoms with Crippen molar-refractivity contribution in [2.45, 2.75) is 25.9 Å². The van der Waals surface area contributed by atoms with Crippen LogP contribution >= 0.6 is 0 Å². The van der Waals surface area contributed by atoms with Crippen molar-refractivity contribution >= 4 is 5.97 Å². The Morgan fingerprint density at radius 2 is 1.85 bits per heavy atom. The molecule has 1 aromatic carbocycles. The van der Waals surface area contributed by atoms with Gasteiger partial charge in [-0.15, -0.1) is 0 Å². The first kappa shape index (κ1) is 14.1. The monoisotopic (exact) mass is 271 g/mol. The number of carbonyl (C=O) groups is 1. The summed E-state index contributed by atoms with van der Waals surface area (Å²) in [5.74, 6) is -0.912. The molecule has 0 bridgehead atoms. The normalized spacial score (nSPS) is 13.7. The number of nitrogens with zero attached hydrogens (tertiary/aromatic N) is 2. The van der Waals surface area contributed by atoms with E-state index >= 15 is 0 Å². The topological polar surface area (TPSA) is 75.1 Å². The summed E-state index contributed by atoms with van der Waals surface area (Å²) in [6.07, 6.45) is 3.23. The summed E-state index contributed by atoms with van der Waals surface area (Å²) in [4.78, 5) is 19.9. The van der Waals surface area contributed by atoms with Crippen LogP contribution in [0.4, 0.5) is 0 Å². The van der Waals surface area contributed by atoms with Crippen LogP contribution in [-0.4, -0.2) is 21.0 Å². The fourth-order valence-electron chi connectivity index (χ4n) is 2.13. The molecule has 2 rings (SSSR count). The molecule has 0 amide bonds. The van der Waals surface area contributed by atoms with Crippen LogP contribution < -0.4 is 5.32 Å². The van der Waals surface area contributed by atoms with Gasteiger partial charge in [-0.25, -0.2) is 0 Å². The molecule has 2 atom stereocenters. The number of hydrogen-bond donors (Lipinski definition) is 2. The molecule has 0 spiro atoms. The van der Waals surface area contributed by atoms with Gasteiger partial charge in [-0.1, -0.05) is 30.3 Å². The Balaban J connectivity index is 2.21. The molecule has 0 saturated carbocycles. The molecule has 0 saturated heterocycles. The third-order valence-electron chi connectivity index (χ3n) is 3.13. The Morgan fingerprint density at radius 3 is 2.45 bits per heavy atom. The number of aryl methyl sites for hydroxylation is 1. The molecule has 5 heteroatoms. The second-order valence-corrected chi connectivity index (χ2v) is 4.60. The largest absolute Gasteiger partial charge is 0.480 e. The lowest BCUT2D eigenvalue weighted by Gasteiger charge is -2.20. The molecule has 0 aliphatic heterocycles. The zero-order valence-electron chi connectivity index (χ0n) is 11.4. The maximum Gasteiger partial charge on any atom is 0.325 e. The maximum atomic E-state index is 11.5. The summed E-state index contributed by atoms with van der Waals surface area (Å²) >= 11 is 0. The van der Waals surface area contributed by atoms with Gasteiger partial charge < -0.3 is 5.11 Å². The molecule has 0 radical (unpaired) electrons. The number of carboxylic acid groups (broad SMARTS) is 1. The molecule has 2 unspecified atom stereocenters. The smallest absolute Gasteiger partial charge is 0.325 e. The first-order valence-electron chi connectivity index (χ1n) is 6.41. The van der Waals surface area contributed by atoms with Gasteiger partial charge in [0.05, 0.1) is 11.4 Å². The molecule has 2 aromatic rings. The molecule has 0 fully saturated rings. The SMILES string of the molecule is Cc1nccnc1C(C)NC(C(=O)O)c1ccccc1. The standard InChI is InChI=1S/C15H17N3O2/c1-10-13(17-9-8-16-10)11(2)18-14(15(19)20)12-6-4-3-5-7-12/h3-9,11,14,18H,1-2H3,(H,19,20). The van der Waals surface area contributed by atoms with Crippen molar-refractivity contribution < 1.29 is 9.90 Å². The van der Waals surface area contributed by atoms with Crippen LogP contribution in [0.2, 0.25) is 0 Å². The van der Waals surface area contributed by atoms with Crippen LogP contribution in [0.15, 0.2) is 42.7 Å². The third-order valence-corrected chi connectivity index (χ3v) is 3.13. The molecule has 1 aromatic heterocycles. The van der Waals surface area contributed by atoms with E-state index < -0.39 is 12.0 Å². The maximum absolute atomic E-state index is 11.5. The number of aromatic nitrogens is 2. The van der Waals surface area contributed by atoms with Crippen LogP contribution in [0.5, 0.6) is 0 Å². The highest BCUT2D eigenvalue weighted by atomic mass is 16.4. The highest BCUT2D eigenvalue weighted by molar-refractivity contribution is 5.75. The van der Waals surface area contributed by atoms with E-state index in [1.807, 2.05) is 32.0 Å². The van der Waals surface area contributed by atoms with Crippen LogP contribution in [-0.2, 0) is 4.79 Å². The Bertz CT molecular complexity index is 587. The van der Waals surface area contributed by atoms with Crippen LogP contribution in [0, 0.1) is 6.92 Å². The summed E-state index contributed by atoms with van der Waals surface area (Å²) < 4.78 is 0. The van der Waals surface area contributed by atoms with E-state index in [1.165, 1.54) is 0 Å². The zero-order valence-corrected chi connectivity index (χ0v) is 11.4. The van der Waals surface area contributed by atoms with Crippen molar-refractivity contribution in [1.82, 2.24) is 15.3 Å². The fourth-order valence-corrected chi connectivity index (χ4v) is 2.13. The summed E-state index contributed by atoms with van der Waals surface area (Å²) in [5, 5.41) is 12.5. The summed E-state index contributed by atoms with van der Waals surface area (Å²) in [5.41, 5.74) is 2.27. The lowest BCUT2D eigenvalue weighted by Crippen LogP contribution is -2.31. The average Bonchev–Trinajstić information content (AvgIpc) is 2.45. The fraction of sp³-hybridized carbons (Fsp3) is 0.267. The van der Waals surface area contributed by atoms with Crippen molar-refractivity contribution in [3.63, 3.8) is 0 Å². The number of hydrogen-bond acceptors (Lipinski definition) is 4. The zero-order chi connectivity index (χ0) is 14.5. The van der Waals surface area contributed by atoms with Gasteiger partial charge in [-0.05, 0) is 19.4 Å². The Labute approximate surface area is 117 Å². The minimum Gasteiger partial charge on any atom is -0.480 e. The lowest BCUT2D eigenvalue weighted by molar-refractivity contribution is -0.139. The van der Waals surface area contributed by atoms with Crippen molar-refractivity contribution in [2.75, 3.05) is 0 Å². The van der Waals surface area contributed by atoms with Gasteiger partial charge in [0.2, 0.25) is 0 Å². The molecular formula is C15H17N3O2.